The number of nitrogens with zero attached hydrogens (tertiary/aromatic N) is 2. The Bertz CT molecular complexity index is 674. The van der Waals surface area contributed by atoms with Crippen LogP contribution in [-0.4, -0.2) is 24.8 Å². The van der Waals surface area contributed by atoms with Gasteiger partial charge in [0.15, 0.2) is 5.75 Å². The minimum atomic E-state index is 0.137. The van der Waals surface area contributed by atoms with Crippen LogP contribution in [-0.2, 0) is 0 Å². The molecule has 0 saturated carbocycles. The number of rotatable bonds is 5. The fraction of sp³-hybridized carbons (Fsp3) is 0.278. The molecule has 3 nitrogen and oxygen atoms in total. The molecule has 0 N–H and O–H groups in total. The van der Waals surface area contributed by atoms with Gasteiger partial charge in [0.2, 0.25) is 0 Å². The van der Waals surface area contributed by atoms with Crippen LogP contribution in [0.15, 0.2) is 47.5 Å². The Morgan fingerprint density at radius 3 is 2.81 bits per heavy atom. The minimum absolute atomic E-state index is 0.137. The summed E-state index contributed by atoms with van der Waals surface area (Å²) in [4.78, 5) is 6.44. The van der Waals surface area contributed by atoms with E-state index in [0.29, 0.717) is 11.5 Å². The van der Waals surface area contributed by atoms with Gasteiger partial charge in [0.1, 0.15) is 11.4 Å². The molecule has 0 saturated heterocycles. The van der Waals surface area contributed by atoms with Gasteiger partial charge in [-0.25, -0.2) is 4.99 Å². The molecule has 0 radical (unpaired) electrons. The highest BCUT2D eigenvalue weighted by Gasteiger charge is 2.06. The Balaban J connectivity index is 2.32. The third-order valence-corrected chi connectivity index (χ3v) is 3.11. The third kappa shape index (κ3) is 4.09. The van der Waals surface area contributed by atoms with Crippen molar-refractivity contribution >= 4 is 12.0 Å². The Hall–Kier alpha value is -2.29. The Morgan fingerprint density at radius 1 is 1.19 bits per heavy atom. The molecule has 0 spiro atoms. The molecule has 0 atom stereocenters. The lowest BCUT2D eigenvalue weighted by atomic mass is 10.1. The van der Waals surface area contributed by atoms with Crippen LogP contribution in [0.1, 0.15) is 20.8 Å². The summed E-state index contributed by atoms with van der Waals surface area (Å²) < 4.78 is 21.1. The van der Waals surface area contributed by atoms with Gasteiger partial charge in [0, 0.05) is 16.3 Å². The number of ether oxygens (including phenoxy) is 1. The molecule has 0 amide bonds. The van der Waals surface area contributed by atoms with Crippen LogP contribution in [0.2, 0.25) is 0 Å². The van der Waals surface area contributed by atoms with Gasteiger partial charge >= 0.3 is 0 Å². The van der Waals surface area contributed by atoms with Crippen molar-refractivity contribution in [3.63, 3.8) is 0 Å². The average molecular weight is 284 g/mol. The second-order valence-corrected chi connectivity index (χ2v) is 4.83. The summed E-state index contributed by atoms with van der Waals surface area (Å²) in [6, 6.07) is 13.1. The van der Waals surface area contributed by atoms with Crippen molar-refractivity contribution in [3.8, 4) is 11.5 Å². The van der Waals surface area contributed by atoms with E-state index >= 15 is 0 Å². The predicted octanol–water partition coefficient (Wildman–Crippen LogP) is 4.71. The van der Waals surface area contributed by atoms with Crippen LogP contribution < -0.4 is 4.74 Å². The predicted molar refractivity (Wildman–Crippen MR) is 88.9 cm³/mol. The zero-order chi connectivity index (χ0) is 16.7. The van der Waals surface area contributed by atoms with Gasteiger partial charge in [-0.1, -0.05) is 24.3 Å². The molecule has 3 heteroatoms. The highest BCUT2D eigenvalue weighted by Crippen LogP contribution is 2.33. The molecule has 0 aliphatic rings. The SMILES string of the molecule is [2H]Cc1ccc(C[2H])c(Oc2ccccc2N=CN(C)CC)c1. The summed E-state index contributed by atoms with van der Waals surface area (Å²) in [6.07, 6.45) is 1.77. The lowest BCUT2D eigenvalue weighted by Gasteiger charge is -2.12. The Morgan fingerprint density at radius 2 is 2.05 bits per heavy atom. The maximum absolute atomic E-state index is 7.63. The average Bonchev–Trinajstić information content (AvgIpc) is 2.60. The monoisotopic (exact) mass is 284 g/mol. The van der Waals surface area contributed by atoms with E-state index in [1.54, 1.807) is 6.34 Å². The zero-order valence-corrected chi connectivity index (χ0v) is 12.5. The number of aliphatic imine (C=N–C) groups is 1. The topological polar surface area (TPSA) is 24.8 Å². The van der Waals surface area contributed by atoms with Gasteiger partial charge in [0.25, 0.3) is 0 Å². The van der Waals surface area contributed by atoms with Crippen molar-refractivity contribution in [2.45, 2.75) is 20.7 Å². The molecule has 0 aliphatic heterocycles. The molecular weight excluding hydrogens is 260 g/mol. The number of hydrogen-bond donors (Lipinski definition) is 0. The van der Waals surface area contributed by atoms with Crippen molar-refractivity contribution in [2.24, 2.45) is 4.99 Å². The summed E-state index contributed by atoms with van der Waals surface area (Å²) in [6.45, 7) is 3.26. The zero-order valence-electron chi connectivity index (χ0n) is 14.5. The maximum Gasteiger partial charge on any atom is 0.153 e. The molecule has 0 unspecified atom stereocenters. The van der Waals surface area contributed by atoms with E-state index in [1.807, 2.05) is 54.4 Å². The first-order valence-corrected chi connectivity index (χ1v) is 6.89. The molecule has 0 fully saturated rings. The van der Waals surface area contributed by atoms with Crippen molar-refractivity contribution in [2.75, 3.05) is 13.6 Å². The highest BCUT2D eigenvalue weighted by molar-refractivity contribution is 5.65. The third-order valence-electron chi connectivity index (χ3n) is 3.11. The van der Waals surface area contributed by atoms with Gasteiger partial charge < -0.3 is 9.64 Å². The molecule has 2 aromatic rings. The first kappa shape index (κ1) is 12.5. The molecule has 21 heavy (non-hydrogen) atoms. The van der Waals surface area contributed by atoms with E-state index in [2.05, 4.69) is 11.9 Å². The molecule has 0 bridgehead atoms. The van der Waals surface area contributed by atoms with Crippen LogP contribution in [0, 0.1) is 13.8 Å². The first-order chi connectivity index (χ1) is 11.2. The van der Waals surface area contributed by atoms with Crippen LogP contribution >= 0.6 is 0 Å². The van der Waals surface area contributed by atoms with E-state index < -0.39 is 0 Å². The van der Waals surface area contributed by atoms with Gasteiger partial charge in [-0.15, -0.1) is 0 Å². The van der Waals surface area contributed by atoms with E-state index in [9.17, 15) is 0 Å². The van der Waals surface area contributed by atoms with Crippen LogP contribution in [0.5, 0.6) is 11.5 Å². The summed E-state index contributed by atoms with van der Waals surface area (Å²) in [5.74, 6) is 1.27. The van der Waals surface area contributed by atoms with Crippen molar-refractivity contribution in [1.29, 1.82) is 0 Å². The highest BCUT2D eigenvalue weighted by atomic mass is 16.5. The summed E-state index contributed by atoms with van der Waals surface area (Å²) in [5, 5.41) is 0. The lowest BCUT2D eigenvalue weighted by molar-refractivity contribution is 0.479. The summed E-state index contributed by atoms with van der Waals surface area (Å²) in [5.41, 5.74) is 2.40. The van der Waals surface area contributed by atoms with E-state index in [4.69, 9.17) is 7.48 Å². The summed E-state index contributed by atoms with van der Waals surface area (Å²) >= 11 is 0. The van der Waals surface area contributed by atoms with Crippen molar-refractivity contribution in [1.82, 2.24) is 4.90 Å². The first-order valence-electron chi connectivity index (χ1n) is 8.31. The fourth-order valence-corrected chi connectivity index (χ4v) is 1.70. The quantitative estimate of drug-likeness (QED) is 0.587. The number of para-hydroxylation sites is 2. The second kappa shape index (κ2) is 6.93. The van der Waals surface area contributed by atoms with Crippen LogP contribution in [0.3, 0.4) is 0 Å². The molecule has 0 aliphatic carbocycles. The van der Waals surface area contributed by atoms with Gasteiger partial charge in [-0.2, -0.15) is 0 Å². The van der Waals surface area contributed by atoms with Gasteiger partial charge in [-0.3, -0.25) is 0 Å². The number of benzene rings is 2. The summed E-state index contributed by atoms with van der Waals surface area (Å²) in [7, 11) is 1.96. The molecular formula is C18H22N2O. The van der Waals surface area contributed by atoms with E-state index in [1.165, 1.54) is 0 Å². The molecule has 0 heterocycles. The Kier molecular flexibility index (Phi) is 4.11. The fourth-order valence-electron chi connectivity index (χ4n) is 1.70. The molecule has 2 aromatic carbocycles. The standard InChI is InChI=1S/C18H22N2O/c1-5-20(4)13-19-16-8-6-7-9-17(16)21-18-12-14(2)10-11-15(18)3/h6-13H,5H2,1-4H3/i2D,3D. The van der Waals surface area contributed by atoms with E-state index in [-0.39, 0.29) is 13.8 Å². The minimum Gasteiger partial charge on any atom is -0.455 e. The number of aryl methyl sites for hydroxylation is 2. The van der Waals surface area contributed by atoms with Gasteiger partial charge in [-0.05, 0) is 50.0 Å². The maximum atomic E-state index is 7.63. The number of hydrogen-bond acceptors (Lipinski definition) is 2. The molecule has 0 aromatic heterocycles. The lowest BCUT2D eigenvalue weighted by Crippen LogP contribution is -2.14. The van der Waals surface area contributed by atoms with Crippen LogP contribution in [0.25, 0.3) is 0 Å². The van der Waals surface area contributed by atoms with Gasteiger partial charge in [0.05, 0.1) is 6.34 Å². The smallest absolute Gasteiger partial charge is 0.153 e. The van der Waals surface area contributed by atoms with E-state index in [0.717, 1.165) is 23.4 Å². The normalized spacial score (nSPS) is 12.1. The Labute approximate surface area is 129 Å². The largest absolute Gasteiger partial charge is 0.455 e. The molecule has 110 valence electrons. The van der Waals surface area contributed by atoms with Crippen molar-refractivity contribution in [3.05, 3.63) is 53.6 Å². The molecule has 2 rings (SSSR count). The van der Waals surface area contributed by atoms with Crippen LogP contribution in [0.4, 0.5) is 5.69 Å². The van der Waals surface area contributed by atoms with Crippen molar-refractivity contribution < 1.29 is 7.48 Å². The second-order valence-electron chi connectivity index (χ2n) is 4.83.